The van der Waals surface area contributed by atoms with Gasteiger partial charge in [0, 0.05) is 7.11 Å². The smallest absolute Gasteiger partial charge is 0.324 e. The first-order valence-electron chi connectivity index (χ1n) is 7.89. The van der Waals surface area contributed by atoms with Crippen LogP contribution in [0.3, 0.4) is 0 Å². The van der Waals surface area contributed by atoms with Gasteiger partial charge >= 0.3 is 6.72 Å². The summed E-state index contributed by atoms with van der Waals surface area (Å²) >= 11 is 4.98. The Hall–Kier alpha value is -1.40. The van der Waals surface area contributed by atoms with E-state index >= 15 is 0 Å². The van der Waals surface area contributed by atoms with Gasteiger partial charge in [-0.25, -0.2) is 4.98 Å². The Balaban J connectivity index is 1.76. The number of aromatic nitrogens is 4. The first kappa shape index (κ1) is 18.0. The van der Waals surface area contributed by atoms with Crippen LogP contribution >= 0.6 is 6.72 Å². The van der Waals surface area contributed by atoms with E-state index in [0.29, 0.717) is 6.42 Å². The van der Waals surface area contributed by atoms with Gasteiger partial charge in [0.05, 0.1) is 12.9 Å². The van der Waals surface area contributed by atoms with Crippen molar-refractivity contribution in [2.75, 3.05) is 19.5 Å². The van der Waals surface area contributed by atoms with E-state index in [2.05, 4.69) is 15.0 Å². The number of nitrogens with one attached hydrogen (secondary N) is 1. The third-order valence-corrected chi connectivity index (χ3v) is 6.43. The van der Waals surface area contributed by atoms with Crippen LogP contribution in [0.1, 0.15) is 19.6 Å². The van der Waals surface area contributed by atoms with Crippen LogP contribution in [-0.2, 0) is 30.3 Å². The number of rotatable bonds is 5. The van der Waals surface area contributed by atoms with Crippen LogP contribution in [0.5, 0.6) is 0 Å². The summed E-state index contributed by atoms with van der Waals surface area (Å²) in [5, 5.41) is 0. The Morgan fingerprint density at radius 3 is 3.12 bits per heavy atom. The molecule has 2 aromatic rings. The minimum Gasteiger partial charge on any atom is -0.369 e. The molecule has 0 amide bonds. The van der Waals surface area contributed by atoms with Gasteiger partial charge in [0.2, 0.25) is 5.95 Å². The molecule has 26 heavy (non-hydrogen) atoms. The van der Waals surface area contributed by atoms with Crippen molar-refractivity contribution in [3.05, 3.63) is 16.7 Å². The van der Waals surface area contributed by atoms with Gasteiger partial charge in [0.15, 0.2) is 17.4 Å². The van der Waals surface area contributed by atoms with Gasteiger partial charge in [-0.3, -0.25) is 18.9 Å². The molecule has 2 aliphatic rings. The topological polar surface area (TPSA) is 147 Å². The van der Waals surface area contributed by atoms with Crippen LogP contribution in [0.25, 0.3) is 11.2 Å². The van der Waals surface area contributed by atoms with Crippen LogP contribution in [0.4, 0.5) is 5.95 Å². The molecule has 2 aromatic heterocycles. The van der Waals surface area contributed by atoms with E-state index in [-0.39, 0.29) is 23.7 Å². The monoisotopic (exact) mass is 403 g/mol. The highest BCUT2D eigenvalue weighted by Crippen LogP contribution is 2.55. The van der Waals surface area contributed by atoms with Crippen molar-refractivity contribution in [2.24, 2.45) is 0 Å². The molecular weight excluding hydrogens is 385 g/mol. The lowest BCUT2D eigenvalue weighted by Gasteiger charge is -2.31. The lowest BCUT2D eigenvalue weighted by Crippen LogP contribution is -2.40. The molecule has 2 aliphatic heterocycles. The fourth-order valence-corrected chi connectivity index (χ4v) is 4.38. The molecule has 2 fully saturated rings. The SMILES string of the molecule is CC[C@@]12COC([C@H](n3cnc4c(=O)[nH]c(N)nc43)O1)[C@H]2OP(O)(=S)OC. The van der Waals surface area contributed by atoms with Crippen molar-refractivity contribution in [1.29, 1.82) is 0 Å². The molecule has 0 radical (unpaired) electrons. The molecule has 4 N–H and O–H groups in total. The molecule has 13 heteroatoms. The molecule has 5 atom stereocenters. The number of fused-ring (bicyclic) bond motifs is 3. The number of aromatic amines is 1. The lowest BCUT2D eigenvalue weighted by atomic mass is 9.96. The molecule has 0 saturated carbocycles. The molecule has 142 valence electrons. The minimum atomic E-state index is -3.42. The Morgan fingerprint density at radius 2 is 2.42 bits per heavy atom. The van der Waals surface area contributed by atoms with E-state index in [4.69, 9.17) is 36.1 Å². The molecule has 0 spiro atoms. The van der Waals surface area contributed by atoms with E-state index in [1.165, 1.54) is 13.4 Å². The van der Waals surface area contributed by atoms with E-state index in [9.17, 15) is 9.69 Å². The zero-order valence-electron chi connectivity index (χ0n) is 14.0. The Kier molecular flexibility index (Phi) is 4.19. The fraction of sp³-hybridized carbons (Fsp3) is 0.615. The van der Waals surface area contributed by atoms with E-state index in [1.807, 2.05) is 6.92 Å². The number of nitrogens with two attached hydrogens (primary N) is 1. The van der Waals surface area contributed by atoms with Gasteiger partial charge in [0.25, 0.3) is 5.56 Å². The summed E-state index contributed by atoms with van der Waals surface area (Å²) in [6.45, 7) is -1.21. The van der Waals surface area contributed by atoms with Crippen molar-refractivity contribution in [3.63, 3.8) is 0 Å². The number of imidazole rings is 1. The Labute approximate surface area is 152 Å². The van der Waals surface area contributed by atoms with Gasteiger partial charge in [-0.05, 0) is 18.2 Å². The summed E-state index contributed by atoms with van der Waals surface area (Å²) in [6.07, 6.45) is 0.114. The van der Waals surface area contributed by atoms with Crippen molar-refractivity contribution >= 4 is 35.6 Å². The third-order valence-electron chi connectivity index (χ3n) is 4.77. The average molecular weight is 403 g/mol. The average Bonchev–Trinajstić information content (AvgIpc) is 3.25. The first-order valence-corrected chi connectivity index (χ1v) is 10.5. The standard InChI is InChI=1S/C13H18N5O6PS/c1-3-13-4-22-7(8(13)24-25(20,26)21-2)11(23-13)18-5-15-6-9(18)16-12(14)17-10(6)19/h5,7-8,11H,3-4H2,1-2H3,(H,20,26)(H3,14,16,17,19)/t7?,8-,11-,13+,25?/m1/s1. The van der Waals surface area contributed by atoms with Crippen LogP contribution < -0.4 is 11.3 Å². The largest absolute Gasteiger partial charge is 0.369 e. The highest BCUT2D eigenvalue weighted by Gasteiger charge is 2.63. The molecule has 2 unspecified atom stereocenters. The van der Waals surface area contributed by atoms with Crippen molar-refractivity contribution < 1.29 is 23.4 Å². The maximum atomic E-state index is 12.0. The van der Waals surface area contributed by atoms with Gasteiger partial charge in [-0.15, -0.1) is 0 Å². The number of hydrogen-bond acceptors (Lipinski definition) is 9. The number of H-pyrrole nitrogens is 1. The molecule has 2 bridgehead atoms. The predicted octanol–water partition coefficient (Wildman–Crippen LogP) is 0.0266. The summed E-state index contributed by atoms with van der Waals surface area (Å²) in [6, 6.07) is 0. The molecule has 4 heterocycles. The second-order valence-corrected chi connectivity index (χ2v) is 9.05. The molecule has 11 nitrogen and oxygen atoms in total. The maximum Gasteiger partial charge on any atom is 0.324 e. The molecule has 0 aromatic carbocycles. The summed E-state index contributed by atoms with van der Waals surface area (Å²) in [5.41, 5.74) is 4.81. The third kappa shape index (κ3) is 2.61. The van der Waals surface area contributed by atoms with Gasteiger partial charge in [0.1, 0.15) is 17.8 Å². The maximum absolute atomic E-state index is 12.0. The first-order chi connectivity index (χ1) is 12.3. The van der Waals surface area contributed by atoms with Crippen LogP contribution in [0.2, 0.25) is 0 Å². The quantitative estimate of drug-likeness (QED) is 0.584. The summed E-state index contributed by atoms with van der Waals surface area (Å²) < 4.78 is 24.2. The summed E-state index contributed by atoms with van der Waals surface area (Å²) in [4.78, 5) is 32.7. The fourth-order valence-electron chi connectivity index (χ4n) is 3.42. The van der Waals surface area contributed by atoms with Crippen LogP contribution in [0.15, 0.2) is 11.1 Å². The number of nitrogen functional groups attached to an aromatic ring is 1. The van der Waals surface area contributed by atoms with Gasteiger partial charge in [-0.2, -0.15) is 4.98 Å². The number of ether oxygens (including phenoxy) is 2. The van der Waals surface area contributed by atoms with Gasteiger partial charge in [-0.1, -0.05) is 6.92 Å². The normalized spacial score (nSPS) is 33.0. The van der Waals surface area contributed by atoms with Gasteiger partial charge < -0.3 is 24.6 Å². The second kappa shape index (κ2) is 6.06. The van der Waals surface area contributed by atoms with Crippen molar-refractivity contribution in [3.8, 4) is 0 Å². The number of hydrogen-bond donors (Lipinski definition) is 3. The van der Waals surface area contributed by atoms with E-state index in [0.717, 1.165) is 0 Å². The predicted molar refractivity (Wildman–Crippen MR) is 93.8 cm³/mol. The highest BCUT2D eigenvalue weighted by atomic mass is 32.5. The van der Waals surface area contributed by atoms with E-state index < -0.39 is 36.3 Å². The number of nitrogens with zero attached hydrogens (tertiary/aromatic N) is 3. The molecule has 2 saturated heterocycles. The Morgan fingerprint density at radius 1 is 1.65 bits per heavy atom. The van der Waals surface area contributed by atoms with E-state index in [1.54, 1.807) is 4.57 Å². The number of anilines is 1. The zero-order valence-corrected chi connectivity index (χ0v) is 15.7. The minimum absolute atomic E-state index is 0.0310. The summed E-state index contributed by atoms with van der Waals surface area (Å²) in [7, 11) is 1.29. The van der Waals surface area contributed by atoms with Crippen molar-refractivity contribution in [2.45, 2.75) is 37.4 Å². The van der Waals surface area contributed by atoms with Crippen LogP contribution in [-0.4, -0.2) is 55.9 Å². The molecule has 4 rings (SSSR count). The molecular formula is C13H18N5O6PS. The second-order valence-electron chi connectivity index (χ2n) is 6.15. The van der Waals surface area contributed by atoms with Crippen molar-refractivity contribution in [1.82, 2.24) is 19.5 Å². The zero-order chi connectivity index (χ0) is 18.7. The summed E-state index contributed by atoms with van der Waals surface area (Å²) in [5.74, 6) is -0.0310. The highest BCUT2D eigenvalue weighted by molar-refractivity contribution is 8.07. The Bertz CT molecular complexity index is 964. The lowest BCUT2D eigenvalue weighted by molar-refractivity contribution is -0.172. The van der Waals surface area contributed by atoms with Crippen LogP contribution in [0, 0.1) is 0 Å². The molecule has 0 aliphatic carbocycles.